The normalized spacial score (nSPS) is 20.1. The summed E-state index contributed by atoms with van der Waals surface area (Å²) in [7, 11) is 3.74. The maximum atomic E-state index is 11.0. The smallest absolute Gasteiger partial charge is 0.358 e. The number of hydrogen-bond donors (Lipinski definition) is 1. The Hall–Kier alpha value is -1.63. The van der Waals surface area contributed by atoms with E-state index < -0.39 is 4.92 Å². The molecule has 1 aromatic heterocycles. The molecule has 7 heteroatoms. The largest absolute Gasteiger partial charge is 0.406 e. The van der Waals surface area contributed by atoms with Crippen molar-refractivity contribution in [3.63, 3.8) is 0 Å². The van der Waals surface area contributed by atoms with Crippen molar-refractivity contribution in [2.24, 2.45) is 13.0 Å². The summed E-state index contributed by atoms with van der Waals surface area (Å²) in [5.74, 6) is 1.13. The third-order valence-corrected chi connectivity index (χ3v) is 3.37. The first-order chi connectivity index (χ1) is 8.63. The molecule has 0 bridgehead atoms. The van der Waals surface area contributed by atoms with Crippen molar-refractivity contribution in [1.29, 1.82) is 0 Å². The van der Waals surface area contributed by atoms with Crippen LogP contribution < -0.4 is 10.2 Å². The van der Waals surface area contributed by atoms with E-state index in [1.54, 1.807) is 11.6 Å². The molecule has 2 rings (SSSR count). The molecule has 1 aromatic rings. The van der Waals surface area contributed by atoms with Crippen LogP contribution in [0.2, 0.25) is 0 Å². The van der Waals surface area contributed by atoms with Crippen LogP contribution in [0.3, 0.4) is 0 Å². The van der Waals surface area contributed by atoms with Gasteiger partial charge in [-0.1, -0.05) is 0 Å². The summed E-state index contributed by atoms with van der Waals surface area (Å²) in [6.07, 6.45) is 3.74. The van der Waals surface area contributed by atoms with Crippen molar-refractivity contribution in [1.82, 2.24) is 14.9 Å². The highest BCUT2D eigenvalue weighted by Gasteiger charge is 2.29. The lowest BCUT2D eigenvalue weighted by Gasteiger charge is -2.33. The number of nitrogens with one attached hydrogen (secondary N) is 1. The van der Waals surface area contributed by atoms with Gasteiger partial charge in [0.05, 0.1) is 0 Å². The number of aryl methyl sites for hydroxylation is 1. The van der Waals surface area contributed by atoms with Gasteiger partial charge in [0.1, 0.15) is 0 Å². The minimum atomic E-state index is -0.406. The minimum Gasteiger partial charge on any atom is -0.358 e. The topological polar surface area (TPSA) is 76.2 Å². The quantitative estimate of drug-likeness (QED) is 0.633. The lowest BCUT2D eigenvalue weighted by Crippen LogP contribution is -2.40. The van der Waals surface area contributed by atoms with E-state index in [1.165, 1.54) is 12.7 Å². The summed E-state index contributed by atoms with van der Waals surface area (Å²) in [5.41, 5.74) is 0. The number of nitrogens with zero attached hydrogens (tertiary/aromatic N) is 4. The molecule has 1 atom stereocenters. The highest BCUT2D eigenvalue weighted by atomic mass is 16.6. The van der Waals surface area contributed by atoms with Gasteiger partial charge in [-0.05, 0) is 42.3 Å². The second-order valence-electron chi connectivity index (χ2n) is 4.77. The molecule has 100 valence electrons. The first-order valence-corrected chi connectivity index (χ1v) is 6.18. The molecule has 0 aliphatic carbocycles. The number of imidazole rings is 1. The molecular formula is C11H19N5O2. The third kappa shape index (κ3) is 2.45. The van der Waals surface area contributed by atoms with E-state index in [0.29, 0.717) is 11.7 Å². The van der Waals surface area contributed by atoms with Gasteiger partial charge < -0.3 is 20.3 Å². The number of rotatable bonds is 4. The standard InChI is InChI=1S/C11H19N5O2/c1-12-6-9-4-3-5-15(7-9)11-10(16(17)18)13-8-14(11)2/h8-9,12H,3-7H2,1-2H3. The van der Waals surface area contributed by atoms with Crippen LogP contribution >= 0.6 is 0 Å². The van der Waals surface area contributed by atoms with Crippen LogP contribution in [-0.4, -0.2) is 41.2 Å². The van der Waals surface area contributed by atoms with Crippen LogP contribution in [0, 0.1) is 16.0 Å². The first-order valence-electron chi connectivity index (χ1n) is 6.18. The van der Waals surface area contributed by atoms with Crippen LogP contribution in [0.5, 0.6) is 0 Å². The zero-order chi connectivity index (χ0) is 13.1. The maximum Gasteiger partial charge on any atom is 0.406 e. The molecule has 0 amide bonds. The molecule has 0 saturated carbocycles. The van der Waals surface area contributed by atoms with Crippen molar-refractivity contribution in [3.05, 3.63) is 16.4 Å². The fourth-order valence-corrected chi connectivity index (χ4v) is 2.62. The number of piperidine rings is 1. The van der Waals surface area contributed by atoms with Gasteiger partial charge in [0, 0.05) is 20.1 Å². The molecule has 7 nitrogen and oxygen atoms in total. The Morgan fingerprint density at radius 3 is 3.11 bits per heavy atom. The van der Waals surface area contributed by atoms with Gasteiger partial charge >= 0.3 is 5.82 Å². The van der Waals surface area contributed by atoms with Gasteiger partial charge in [0.25, 0.3) is 0 Å². The lowest BCUT2D eigenvalue weighted by molar-refractivity contribution is -0.388. The van der Waals surface area contributed by atoms with Gasteiger partial charge in [-0.3, -0.25) is 4.57 Å². The predicted octanol–water partition coefficient (Wildman–Crippen LogP) is 0.764. The van der Waals surface area contributed by atoms with E-state index in [-0.39, 0.29) is 5.82 Å². The summed E-state index contributed by atoms with van der Waals surface area (Å²) in [6.45, 7) is 2.66. The number of hydrogen-bond acceptors (Lipinski definition) is 5. The van der Waals surface area contributed by atoms with Crippen molar-refractivity contribution in [3.8, 4) is 0 Å². The van der Waals surface area contributed by atoms with E-state index in [4.69, 9.17) is 0 Å². The van der Waals surface area contributed by atoms with Gasteiger partial charge in [-0.15, -0.1) is 0 Å². The Morgan fingerprint density at radius 1 is 1.67 bits per heavy atom. The lowest BCUT2D eigenvalue weighted by atomic mass is 9.98. The average molecular weight is 253 g/mol. The molecule has 1 N–H and O–H groups in total. The third-order valence-electron chi connectivity index (χ3n) is 3.37. The molecule has 0 aromatic carbocycles. The summed E-state index contributed by atoms with van der Waals surface area (Å²) < 4.78 is 1.74. The van der Waals surface area contributed by atoms with Crippen molar-refractivity contribution in [2.45, 2.75) is 12.8 Å². The molecule has 1 aliphatic heterocycles. The van der Waals surface area contributed by atoms with E-state index >= 15 is 0 Å². The van der Waals surface area contributed by atoms with Crippen molar-refractivity contribution in [2.75, 3.05) is 31.6 Å². The molecular weight excluding hydrogens is 234 g/mol. The van der Waals surface area contributed by atoms with Crippen LogP contribution in [-0.2, 0) is 7.05 Å². The zero-order valence-electron chi connectivity index (χ0n) is 10.8. The highest BCUT2D eigenvalue weighted by Crippen LogP contribution is 2.29. The molecule has 2 heterocycles. The average Bonchev–Trinajstić information content (AvgIpc) is 2.72. The Kier molecular flexibility index (Phi) is 3.81. The SMILES string of the molecule is CNCC1CCCN(c2c([N+](=O)[O-])ncn2C)C1. The van der Waals surface area contributed by atoms with Gasteiger partial charge in [-0.25, -0.2) is 0 Å². The fraction of sp³-hybridized carbons (Fsp3) is 0.727. The van der Waals surface area contributed by atoms with E-state index in [0.717, 1.165) is 26.1 Å². The Morgan fingerprint density at radius 2 is 2.44 bits per heavy atom. The Balaban J connectivity index is 2.20. The molecule has 1 aliphatic rings. The molecule has 1 fully saturated rings. The van der Waals surface area contributed by atoms with Crippen LogP contribution in [0.15, 0.2) is 6.33 Å². The van der Waals surface area contributed by atoms with Crippen molar-refractivity contribution >= 4 is 11.6 Å². The second-order valence-corrected chi connectivity index (χ2v) is 4.77. The fourth-order valence-electron chi connectivity index (χ4n) is 2.62. The minimum absolute atomic E-state index is 0.0393. The molecule has 18 heavy (non-hydrogen) atoms. The zero-order valence-corrected chi connectivity index (χ0v) is 10.8. The molecule has 0 spiro atoms. The van der Waals surface area contributed by atoms with Gasteiger partial charge in [-0.2, -0.15) is 0 Å². The predicted molar refractivity (Wildman–Crippen MR) is 68.7 cm³/mol. The van der Waals surface area contributed by atoms with Crippen LogP contribution in [0.25, 0.3) is 0 Å². The maximum absolute atomic E-state index is 11.0. The summed E-state index contributed by atoms with van der Waals surface area (Å²) in [5, 5.41) is 14.1. The monoisotopic (exact) mass is 253 g/mol. The van der Waals surface area contributed by atoms with Crippen LogP contribution in [0.4, 0.5) is 11.6 Å². The van der Waals surface area contributed by atoms with Crippen molar-refractivity contribution < 1.29 is 4.92 Å². The number of anilines is 1. The molecule has 1 unspecified atom stereocenters. The van der Waals surface area contributed by atoms with E-state index in [2.05, 4.69) is 15.2 Å². The molecule has 1 saturated heterocycles. The van der Waals surface area contributed by atoms with E-state index in [1.807, 2.05) is 7.05 Å². The molecule has 0 radical (unpaired) electrons. The number of nitro groups is 1. The number of aromatic nitrogens is 2. The first kappa shape index (κ1) is 12.8. The van der Waals surface area contributed by atoms with Gasteiger partial charge in [0.2, 0.25) is 12.1 Å². The summed E-state index contributed by atoms with van der Waals surface area (Å²) in [6, 6.07) is 0. The Labute approximate surface area is 106 Å². The van der Waals surface area contributed by atoms with E-state index in [9.17, 15) is 10.1 Å². The van der Waals surface area contributed by atoms with Crippen LogP contribution in [0.1, 0.15) is 12.8 Å². The second kappa shape index (κ2) is 5.34. The van der Waals surface area contributed by atoms with Gasteiger partial charge in [0.15, 0.2) is 0 Å². The Bertz CT molecular complexity index is 429. The highest BCUT2D eigenvalue weighted by molar-refractivity contribution is 5.54. The summed E-state index contributed by atoms with van der Waals surface area (Å²) >= 11 is 0. The summed E-state index contributed by atoms with van der Waals surface area (Å²) in [4.78, 5) is 16.5.